The van der Waals surface area contributed by atoms with Crippen molar-refractivity contribution in [1.82, 2.24) is 0 Å². The summed E-state index contributed by atoms with van der Waals surface area (Å²) in [6.07, 6.45) is 0. The van der Waals surface area contributed by atoms with E-state index in [1.165, 1.54) is 7.11 Å². The van der Waals surface area contributed by atoms with E-state index in [2.05, 4.69) is 20.1 Å². The normalized spacial score (nSPS) is 10.4. The minimum Gasteiger partial charge on any atom is -0.495 e. The van der Waals surface area contributed by atoms with Gasteiger partial charge in [0, 0.05) is 4.91 Å². The van der Waals surface area contributed by atoms with E-state index in [4.69, 9.17) is 15.5 Å². The number of esters is 1. The van der Waals surface area contributed by atoms with E-state index in [0.717, 1.165) is 7.11 Å². The molecule has 0 aliphatic carbocycles. The first kappa shape index (κ1) is 14.9. The first-order valence-electron chi connectivity index (χ1n) is 5.35. The van der Waals surface area contributed by atoms with Crippen LogP contribution in [-0.2, 0) is 9.53 Å². The molecule has 0 radical (unpaired) electrons. The average Bonchev–Trinajstić information content (AvgIpc) is 2.48. The zero-order valence-corrected chi connectivity index (χ0v) is 10.8. The fourth-order valence-corrected chi connectivity index (χ4v) is 1.36. The lowest BCUT2D eigenvalue weighted by molar-refractivity contribution is -0.135. The first-order valence-corrected chi connectivity index (χ1v) is 5.35. The lowest BCUT2D eigenvalue weighted by atomic mass is 10.2. The molecule has 0 saturated carbocycles. The molecule has 20 heavy (non-hydrogen) atoms. The van der Waals surface area contributed by atoms with Gasteiger partial charge in [0.2, 0.25) is 0 Å². The van der Waals surface area contributed by atoms with Gasteiger partial charge in [0.05, 0.1) is 19.9 Å². The second-order valence-corrected chi connectivity index (χ2v) is 3.34. The van der Waals surface area contributed by atoms with Crippen molar-refractivity contribution in [3.63, 3.8) is 0 Å². The highest BCUT2D eigenvalue weighted by molar-refractivity contribution is 5.94. The Morgan fingerprint density at radius 3 is 2.70 bits per heavy atom. The van der Waals surface area contributed by atoms with E-state index >= 15 is 0 Å². The zero-order valence-electron chi connectivity index (χ0n) is 10.8. The summed E-state index contributed by atoms with van der Waals surface area (Å²) in [4.78, 5) is 14.0. The van der Waals surface area contributed by atoms with Gasteiger partial charge >= 0.3 is 5.97 Å². The number of para-hydroxylation sites is 2. The minimum absolute atomic E-state index is 0.258. The van der Waals surface area contributed by atoms with Crippen molar-refractivity contribution in [3.05, 3.63) is 46.1 Å². The number of nitrogens with one attached hydrogen (secondary N) is 1. The number of hydrogen-bond donors (Lipinski definition) is 1. The van der Waals surface area contributed by atoms with Crippen LogP contribution in [0.4, 0.5) is 5.69 Å². The Balaban J connectivity index is 3.29. The topological polar surface area (TPSA) is 120 Å². The Kier molecular flexibility index (Phi) is 5.44. The van der Waals surface area contributed by atoms with Crippen molar-refractivity contribution >= 4 is 11.7 Å². The number of carbonyl (C=O) groups is 1. The Morgan fingerprint density at radius 1 is 1.45 bits per heavy atom. The third kappa shape index (κ3) is 3.41. The van der Waals surface area contributed by atoms with Crippen LogP contribution in [0.2, 0.25) is 0 Å². The van der Waals surface area contributed by atoms with Gasteiger partial charge in [-0.3, -0.25) is 0 Å². The summed E-state index contributed by atoms with van der Waals surface area (Å²) < 4.78 is 9.56. The molecular formula is C12H11N5O3. The SMILES string of the molecule is COC(=O)/C(C#N)=C(/N=[N+]=[N-])Nc1ccccc1OC. The number of anilines is 1. The molecule has 0 aliphatic heterocycles. The first-order chi connectivity index (χ1) is 9.67. The molecule has 102 valence electrons. The van der Waals surface area contributed by atoms with Crippen molar-refractivity contribution < 1.29 is 14.3 Å². The summed E-state index contributed by atoms with van der Waals surface area (Å²) in [6, 6.07) is 8.39. The molecule has 0 saturated heterocycles. The predicted molar refractivity (Wildman–Crippen MR) is 70.4 cm³/mol. The third-order valence-electron chi connectivity index (χ3n) is 2.24. The van der Waals surface area contributed by atoms with Crippen molar-refractivity contribution in [3.8, 4) is 11.8 Å². The quantitative estimate of drug-likeness (QED) is 0.220. The molecule has 1 rings (SSSR count). The van der Waals surface area contributed by atoms with Crippen LogP contribution in [0.5, 0.6) is 5.75 Å². The number of hydrogen-bond acceptors (Lipinski definition) is 6. The molecule has 0 aliphatic rings. The lowest BCUT2D eigenvalue weighted by Gasteiger charge is -2.11. The third-order valence-corrected chi connectivity index (χ3v) is 2.24. The Morgan fingerprint density at radius 2 is 2.15 bits per heavy atom. The summed E-state index contributed by atoms with van der Waals surface area (Å²) in [5.74, 6) is -0.705. The Bertz CT molecular complexity index is 626. The summed E-state index contributed by atoms with van der Waals surface area (Å²) in [5, 5.41) is 14.9. The number of ether oxygens (including phenoxy) is 2. The van der Waals surface area contributed by atoms with E-state index in [1.54, 1.807) is 30.3 Å². The van der Waals surface area contributed by atoms with Crippen LogP contribution in [0.15, 0.2) is 40.8 Å². The molecule has 1 N–H and O–H groups in total. The molecule has 1 aromatic carbocycles. The molecule has 0 atom stereocenters. The molecular weight excluding hydrogens is 262 g/mol. The van der Waals surface area contributed by atoms with Crippen LogP contribution in [0.1, 0.15) is 0 Å². The summed E-state index contributed by atoms with van der Waals surface area (Å²) in [5.41, 5.74) is 8.54. The highest BCUT2D eigenvalue weighted by Crippen LogP contribution is 2.25. The van der Waals surface area contributed by atoms with Crippen LogP contribution < -0.4 is 10.1 Å². The van der Waals surface area contributed by atoms with Crippen molar-refractivity contribution in [1.29, 1.82) is 5.26 Å². The van der Waals surface area contributed by atoms with Crippen LogP contribution >= 0.6 is 0 Å². The number of methoxy groups -OCH3 is 2. The maximum Gasteiger partial charge on any atom is 0.350 e. The Hall–Kier alpha value is -3.17. The highest BCUT2D eigenvalue weighted by atomic mass is 16.5. The molecule has 0 unspecified atom stereocenters. The maximum absolute atomic E-state index is 11.4. The molecule has 8 heteroatoms. The van der Waals surface area contributed by atoms with Crippen LogP contribution in [0, 0.1) is 11.3 Å². The van der Waals surface area contributed by atoms with Crippen LogP contribution in [0.25, 0.3) is 10.4 Å². The van der Waals surface area contributed by atoms with Gasteiger partial charge in [-0.05, 0) is 22.8 Å². The second-order valence-electron chi connectivity index (χ2n) is 3.34. The monoisotopic (exact) mass is 273 g/mol. The molecule has 1 aromatic rings. The predicted octanol–water partition coefficient (Wildman–Crippen LogP) is 2.33. The average molecular weight is 273 g/mol. The molecule has 0 amide bonds. The molecule has 0 aromatic heterocycles. The van der Waals surface area contributed by atoms with Crippen molar-refractivity contribution in [2.24, 2.45) is 5.11 Å². The molecule has 0 spiro atoms. The zero-order chi connectivity index (χ0) is 15.0. The second kappa shape index (κ2) is 7.31. The number of rotatable bonds is 5. The van der Waals surface area contributed by atoms with E-state index in [9.17, 15) is 4.79 Å². The van der Waals surface area contributed by atoms with Gasteiger partial charge in [-0.25, -0.2) is 4.79 Å². The van der Waals surface area contributed by atoms with Crippen molar-refractivity contribution in [2.75, 3.05) is 19.5 Å². The molecule has 0 fully saturated rings. The minimum atomic E-state index is -0.905. The van der Waals surface area contributed by atoms with Gasteiger partial charge in [-0.2, -0.15) is 5.26 Å². The van der Waals surface area contributed by atoms with E-state index < -0.39 is 11.5 Å². The van der Waals surface area contributed by atoms with E-state index in [0.29, 0.717) is 11.4 Å². The van der Waals surface area contributed by atoms with Gasteiger partial charge in [-0.15, -0.1) is 0 Å². The maximum atomic E-state index is 11.4. The van der Waals surface area contributed by atoms with Gasteiger partial charge in [0.15, 0.2) is 5.57 Å². The summed E-state index contributed by atoms with van der Waals surface area (Å²) in [7, 11) is 2.58. The molecule has 8 nitrogen and oxygen atoms in total. The van der Waals surface area contributed by atoms with Crippen molar-refractivity contribution in [2.45, 2.75) is 0 Å². The van der Waals surface area contributed by atoms with Gasteiger partial charge in [-0.1, -0.05) is 12.1 Å². The summed E-state index contributed by atoms with van der Waals surface area (Å²) >= 11 is 0. The number of nitrogens with zero attached hydrogens (tertiary/aromatic N) is 4. The number of carbonyl (C=O) groups excluding carboxylic acids is 1. The highest BCUT2D eigenvalue weighted by Gasteiger charge is 2.16. The smallest absolute Gasteiger partial charge is 0.350 e. The van der Waals surface area contributed by atoms with E-state index in [1.807, 2.05) is 0 Å². The number of nitriles is 1. The molecule has 0 heterocycles. The molecule has 0 bridgehead atoms. The van der Waals surface area contributed by atoms with Gasteiger partial charge < -0.3 is 14.8 Å². The Labute approximate surface area is 114 Å². The number of benzene rings is 1. The summed E-state index contributed by atoms with van der Waals surface area (Å²) in [6.45, 7) is 0. The standard InChI is InChI=1S/C12H11N5O3/c1-19-10-6-4-3-5-9(10)15-11(16-17-14)8(7-13)12(18)20-2/h3-6,15H,1-2H3/b11-8+. The number of azide groups is 1. The van der Waals surface area contributed by atoms with Crippen LogP contribution in [-0.4, -0.2) is 20.2 Å². The van der Waals surface area contributed by atoms with Crippen LogP contribution in [0.3, 0.4) is 0 Å². The van der Waals surface area contributed by atoms with E-state index in [-0.39, 0.29) is 5.82 Å². The van der Waals surface area contributed by atoms with Gasteiger partial charge in [0.25, 0.3) is 0 Å². The fourth-order valence-electron chi connectivity index (χ4n) is 1.36. The largest absolute Gasteiger partial charge is 0.495 e. The fraction of sp³-hybridized carbons (Fsp3) is 0.167. The lowest BCUT2D eigenvalue weighted by Crippen LogP contribution is -2.10. The van der Waals surface area contributed by atoms with Gasteiger partial charge in [0.1, 0.15) is 17.6 Å².